The van der Waals surface area contributed by atoms with Gasteiger partial charge in [0.2, 0.25) is 5.91 Å². The molecule has 0 unspecified atom stereocenters. The fraction of sp³-hybridized carbons (Fsp3) is 0.579. The van der Waals surface area contributed by atoms with Gasteiger partial charge in [-0.05, 0) is 32.6 Å². The molecule has 148 valence electrons. The van der Waals surface area contributed by atoms with E-state index in [1.165, 1.54) is 12.7 Å². The molecule has 0 aliphatic carbocycles. The molecule has 9 heteroatoms. The predicted molar refractivity (Wildman–Crippen MR) is 100 cm³/mol. The molecule has 4 heterocycles. The number of hydrogen-bond acceptors (Lipinski definition) is 6. The number of carbonyl (C=O) groups is 2. The van der Waals surface area contributed by atoms with Crippen molar-refractivity contribution in [3.05, 3.63) is 35.9 Å². The number of rotatable bonds is 3. The second-order valence-electron chi connectivity index (χ2n) is 7.73. The van der Waals surface area contributed by atoms with Gasteiger partial charge in [-0.15, -0.1) is 0 Å². The Morgan fingerprint density at radius 3 is 2.75 bits per heavy atom. The molecule has 0 saturated carbocycles. The summed E-state index contributed by atoms with van der Waals surface area (Å²) in [6.45, 7) is 7.30. The Kier molecular flexibility index (Phi) is 4.82. The Balaban J connectivity index is 1.51. The van der Waals surface area contributed by atoms with Gasteiger partial charge in [-0.2, -0.15) is 5.10 Å². The molecule has 0 spiro atoms. The van der Waals surface area contributed by atoms with E-state index in [-0.39, 0.29) is 29.8 Å². The lowest BCUT2D eigenvalue weighted by molar-refractivity contribution is -0.132. The van der Waals surface area contributed by atoms with Crippen LogP contribution in [0.15, 0.2) is 19.0 Å². The van der Waals surface area contributed by atoms with Crippen molar-refractivity contribution in [2.24, 2.45) is 5.92 Å². The number of carbonyl (C=O) groups excluding carboxylic acids is 2. The zero-order chi connectivity index (χ0) is 19.8. The molecule has 2 aromatic rings. The van der Waals surface area contributed by atoms with Crippen molar-refractivity contribution >= 4 is 11.8 Å². The van der Waals surface area contributed by atoms with Gasteiger partial charge in [0.05, 0.1) is 12.6 Å². The van der Waals surface area contributed by atoms with Crippen LogP contribution in [0, 0.1) is 19.8 Å². The van der Waals surface area contributed by atoms with Crippen molar-refractivity contribution in [2.45, 2.75) is 52.2 Å². The summed E-state index contributed by atoms with van der Waals surface area (Å²) in [4.78, 5) is 41.6. The van der Waals surface area contributed by atoms with Gasteiger partial charge < -0.3 is 9.80 Å². The van der Waals surface area contributed by atoms with Crippen molar-refractivity contribution in [3.63, 3.8) is 0 Å². The average Bonchev–Trinajstić information content (AvgIpc) is 3.30. The van der Waals surface area contributed by atoms with Crippen LogP contribution in [0.3, 0.4) is 0 Å². The molecule has 0 bridgehead atoms. The lowest BCUT2D eigenvalue weighted by Gasteiger charge is -2.38. The van der Waals surface area contributed by atoms with Crippen molar-refractivity contribution in [1.29, 1.82) is 0 Å². The minimum Gasteiger partial charge on any atom is -0.337 e. The minimum atomic E-state index is -0.0458. The molecule has 2 aliphatic heterocycles. The Morgan fingerprint density at radius 1 is 1.21 bits per heavy atom. The van der Waals surface area contributed by atoms with Crippen molar-refractivity contribution in [2.75, 3.05) is 13.1 Å². The molecule has 0 aromatic carbocycles. The minimum absolute atomic E-state index is 0.0458. The van der Waals surface area contributed by atoms with E-state index in [1.807, 2.05) is 23.6 Å². The van der Waals surface area contributed by atoms with Crippen LogP contribution in [0.25, 0.3) is 0 Å². The number of piperidine rings is 1. The number of aromatic nitrogens is 5. The number of likely N-dealkylation sites (tertiary alicyclic amines) is 2. The fourth-order valence-corrected chi connectivity index (χ4v) is 4.64. The normalized spacial score (nSPS) is 24.3. The molecule has 0 radical (unpaired) electrons. The van der Waals surface area contributed by atoms with Crippen LogP contribution in [0.4, 0.5) is 0 Å². The van der Waals surface area contributed by atoms with Crippen LogP contribution in [0.2, 0.25) is 0 Å². The summed E-state index contributed by atoms with van der Waals surface area (Å²) >= 11 is 0. The largest absolute Gasteiger partial charge is 0.337 e. The summed E-state index contributed by atoms with van der Waals surface area (Å²) in [6, 6.07) is 0.246. The smallest absolute Gasteiger partial charge is 0.272 e. The topological polar surface area (TPSA) is 97.1 Å². The van der Waals surface area contributed by atoms with E-state index in [0.717, 1.165) is 24.1 Å². The maximum absolute atomic E-state index is 13.0. The van der Waals surface area contributed by atoms with Gasteiger partial charge in [-0.1, -0.05) is 0 Å². The average molecular weight is 383 g/mol. The standard InChI is InChI=1S/C19H25N7O2/c1-12-13(2)21-10-22-18(12)19(28)24-5-4-17-15(7-24)6-16(26(17)14(3)27)8-25-11-20-9-23-25/h9-11,15-17H,4-8H2,1-3H3/t15-,16+,17+/m1/s1. The molecule has 9 nitrogen and oxygen atoms in total. The van der Waals surface area contributed by atoms with E-state index >= 15 is 0 Å². The summed E-state index contributed by atoms with van der Waals surface area (Å²) in [5.74, 6) is 0.300. The summed E-state index contributed by atoms with van der Waals surface area (Å²) < 4.78 is 1.77. The van der Waals surface area contributed by atoms with Gasteiger partial charge in [0, 0.05) is 37.3 Å². The summed E-state index contributed by atoms with van der Waals surface area (Å²) in [7, 11) is 0. The van der Waals surface area contributed by atoms with E-state index in [4.69, 9.17) is 0 Å². The van der Waals surface area contributed by atoms with Crippen LogP contribution in [0.5, 0.6) is 0 Å². The Hall–Kier alpha value is -2.84. The highest BCUT2D eigenvalue weighted by molar-refractivity contribution is 5.94. The monoisotopic (exact) mass is 383 g/mol. The Bertz CT molecular complexity index is 882. The number of nitrogens with zero attached hydrogens (tertiary/aromatic N) is 7. The van der Waals surface area contributed by atoms with Gasteiger partial charge in [-0.3, -0.25) is 14.3 Å². The van der Waals surface area contributed by atoms with Crippen molar-refractivity contribution < 1.29 is 9.59 Å². The first-order valence-corrected chi connectivity index (χ1v) is 9.64. The molecule has 2 saturated heterocycles. The fourth-order valence-electron chi connectivity index (χ4n) is 4.64. The van der Waals surface area contributed by atoms with E-state index in [0.29, 0.717) is 25.3 Å². The Morgan fingerprint density at radius 2 is 2.04 bits per heavy atom. The molecule has 2 amide bonds. The highest BCUT2D eigenvalue weighted by Gasteiger charge is 2.46. The number of hydrogen-bond donors (Lipinski definition) is 0. The third-order valence-corrected chi connectivity index (χ3v) is 6.07. The zero-order valence-electron chi connectivity index (χ0n) is 16.4. The predicted octanol–water partition coefficient (Wildman–Crippen LogP) is 0.837. The van der Waals surface area contributed by atoms with E-state index in [1.54, 1.807) is 17.9 Å². The SMILES string of the molecule is CC(=O)N1[C@H](Cn2cncn2)C[C@@H]2CN(C(=O)c3ncnc(C)c3C)CC[C@@H]21. The van der Waals surface area contributed by atoms with Gasteiger partial charge in [0.15, 0.2) is 0 Å². The third kappa shape index (κ3) is 3.25. The molecular weight excluding hydrogens is 358 g/mol. The highest BCUT2D eigenvalue weighted by atomic mass is 16.2. The number of fused-ring (bicyclic) bond motifs is 1. The second-order valence-corrected chi connectivity index (χ2v) is 7.73. The summed E-state index contributed by atoms with van der Waals surface area (Å²) in [6.07, 6.45) is 6.27. The van der Waals surface area contributed by atoms with Gasteiger partial charge >= 0.3 is 0 Å². The van der Waals surface area contributed by atoms with Gasteiger partial charge in [0.25, 0.3) is 5.91 Å². The molecule has 0 N–H and O–H groups in total. The number of aryl methyl sites for hydroxylation is 1. The first-order valence-electron chi connectivity index (χ1n) is 9.64. The van der Waals surface area contributed by atoms with E-state index < -0.39 is 0 Å². The number of amides is 2. The molecule has 4 rings (SSSR count). The van der Waals surface area contributed by atoms with Crippen molar-refractivity contribution in [1.82, 2.24) is 34.5 Å². The molecule has 2 fully saturated rings. The second kappa shape index (κ2) is 7.29. The van der Waals surface area contributed by atoms with Crippen LogP contribution in [-0.2, 0) is 11.3 Å². The maximum Gasteiger partial charge on any atom is 0.272 e. The van der Waals surface area contributed by atoms with Crippen LogP contribution in [-0.4, -0.2) is 71.5 Å². The van der Waals surface area contributed by atoms with Crippen molar-refractivity contribution in [3.8, 4) is 0 Å². The molecule has 3 atom stereocenters. The zero-order valence-corrected chi connectivity index (χ0v) is 16.4. The van der Waals surface area contributed by atoms with Crippen LogP contribution >= 0.6 is 0 Å². The maximum atomic E-state index is 13.0. The highest BCUT2D eigenvalue weighted by Crippen LogP contribution is 2.36. The van der Waals surface area contributed by atoms with Crippen LogP contribution in [0.1, 0.15) is 41.5 Å². The summed E-state index contributed by atoms with van der Waals surface area (Å²) in [5, 5.41) is 4.18. The quantitative estimate of drug-likeness (QED) is 0.779. The van der Waals surface area contributed by atoms with Gasteiger partial charge in [0.1, 0.15) is 24.7 Å². The first kappa shape index (κ1) is 18.5. The molecular formula is C19H25N7O2. The molecule has 28 heavy (non-hydrogen) atoms. The first-order chi connectivity index (χ1) is 13.5. The van der Waals surface area contributed by atoms with Crippen LogP contribution < -0.4 is 0 Å². The van der Waals surface area contributed by atoms with E-state index in [2.05, 4.69) is 20.1 Å². The third-order valence-electron chi connectivity index (χ3n) is 6.07. The summed E-state index contributed by atoms with van der Waals surface area (Å²) in [5.41, 5.74) is 2.13. The lowest BCUT2D eigenvalue weighted by atomic mass is 9.91. The lowest BCUT2D eigenvalue weighted by Crippen LogP contribution is -2.50. The molecule has 2 aromatic heterocycles. The van der Waals surface area contributed by atoms with E-state index in [9.17, 15) is 9.59 Å². The van der Waals surface area contributed by atoms with Gasteiger partial charge in [-0.25, -0.2) is 15.0 Å². The Labute approximate surface area is 163 Å². The molecule has 2 aliphatic rings.